The van der Waals surface area contributed by atoms with Crippen LogP contribution in [0.3, 0.4) is 0 Å². The quantitative estimate of drug-likeness (QED) is 0.124. The highest BCUT2D eigenvalue weighted by Crippen LogP contribution is 2.32. The van der Waals surface area contributed by atoms with Gasteiger partial charge in [-0.1, -0.05) is 145 Å². The van der Waals surface area contributed by atoms with E-state index in [9.17, 15) is 0 Å². The first-order valence-electron chi connectivity index (χ1n) is 19.2. The van der Waals surface area contributed by atoms with Crippen LogP contribution in [0.15, 0.2) is 194 Å². The van der Waals surface area contributed by atoms with E-state index >= 15 is 0 Å². The predicted octanol–water partition coefficient (Wildman–Crippen LogP) is 14.5. The van der Waals surface area contributed by atoms with Crippen molar-refractivity contribution in [2.24, 2.45) is 0 Å². The van der Waals surface area contributed by atoms with Gasteiger partial charge in [0.15, 0.2) is 0 Å². The standard InChI is InChI=1S/C53H49N3/c1-37(2)50(36-22-41(6)44-26-30-46(31-27-44)53-54-51-15-11-12-16-52(51)56(53)47-13-9-8-10-14-47)45-28-24-43(25-29-45)40(5)21-23-42(7)55(48-32-17-38(3)18-33-48)49-34-19-39(4)20-35-49/h8-36H,1H2,2-7H3. The van der Waals surface area contributed by atoms with Crippen molar-refractivity contribution in [1.29, 1.82) is 0 Å². The molecule has 1 heterocycles. The van der Waals surface area contributed by atoms with Gasteiger partial charge in [0, 0.05) is 28.3 Å². The fourth-order valence-electron chi connectivity index (χ4n) is 7.00. The molecule has 0 amide bonds. The summed E-state index contributed by atoms with van der Waals surface area (Å²) in [7, 11) is 0. The molecule has 0 fully saturated rings. The van der Waals surface area contributed by atoms with E-state index in [2.05, 4.69) is 221 Å². The maximum absolute atomic E-state index is 5.04. The number of aryl methyl sites for hydroxylation is 2. The number of nitrogens with zero attached hydrogens (tertiary/aromatic N) is 3. The van der Waals surface area contributed by atoms with Gasteiger partial charge in [0.05, 0.1) is 11.0 Å². The van der Waals surface area contributed by atoms with Crippen molar-refractivity contribution < 1.29 is 0 Å². The minimum Gasteiger partial charge on any atom is -0.315 e. The summed E-state index contributed by atoms with van der Waals surface area (Å²) >= 11 is 0. The van der Waals surface area contributed by atoms with Crippen LogP contribution in [-0.2, 0) is 0 Å². The highest BCUT2D eigenvalue weighted by molar-refractivity contribution is 5.84. The largest absolute Gasteiger partial charge is 0.315 e. The van der Waals surface area contributed by atoms with Gasteiger partial charge >= 0.3 is 0 Å². The number of imidazole rings is 1. The maximum Gasteiger partial charge on any atom is 0.145 e. The van der Waals surface area contributed by atoms with E-state index in [1.54, 1.807) is 0 Å². The molecule has 0 aliphatic rings. The molecule has 3 heteroatoms. The third-order valence-corrected chi connectivity index (χ3v) is 10.3. The van der Waals surface area contributed by atoms with Crippen LogP contribution in [0.25, 0.3) is 44.8 Å². The number of rotatable bonds is 11. The molecule has 0 aliphatic carbocycles. The van der Waals surface area contributed by atoms with E-state index in [0.717, 1.165) is 67.5 Å². The summed E-state index contributed by atoms with van der Waals surface area (Å²) in [5.74, 6) is 0.932. The smallest absolute Gasteiger partial charge is 0.145 e. The summed E-state index contributed by atoms with van der Waals surface area (Å²) in [4.78, 5) is 7.34. The molecule has 7 rings (SSSR count). The molecule has 0 aliphatic heterocycles. The third-order valence-electron chi connectivity index (χ3n) is 10.3. The van der Waals surface area contributed by atoms with Crippen molar-refractivity contribution >= 4 is 39.1 Å². The van der Waals surface area contributed by atoms with Crippen LogP contribution in [0.2, 0.25) is 0 Å². The zero-order chi connectivity index (χ0) is 39.2. The molecule has 0 saturated heterocycles. The van der Waals surface area contributed by atoms with Crippen molar-refractivity contribution in [2.45, 2.75) is 41.5 Å². The van der Waals surface area contributed by atoms with Crippen LogP contribution in [0.1, 0.15) is 55.5 Å². The Morgan fingerprint density at radius 2 is 1.04 bits per heavy atom. The van der Waals surface area contributed by atoms with Crippen LogP contribution in [0, 0.1) is 13.8 Å². The lowest BCUT2D eigenvalue weighted by atomic mass is 9.96. The second-order valence-corrected chi connectivity index (χ2v) is 14.6. The number of fused-ring (bicyclic) bond motifs is 1. The molecule has 0 atom stereocenters. The topological polar surface area (TPSA) is 21.1 Å². The van der Waals surface area contributed by atoms with Gasteiger partial charge in [-0.25, -0.2) is 4.98 Å². The van der Waals surface area contributed by atoms with Crippen LogP contribution in [0.5, 0.6) is 0 Å². The SMILES string of the molecule is C=C(C)C(=CC=C(C)c1ccc(-c2nc3ccccc3n2-c2ccccc2)cc1)c1ccc(C(C)=CC=C(C)N(c2ccc(C)cc2)c2ccc(C)cc2)cc1. The first-order chi connectivity index (χ1) is 27.2. The van der Waals surface area contributed by atoms with Crippen LogP contribution in [0.4, 0.5) is 11.4 Å². The highest BCUT2D eigenvalue weighted by Gasteiger charge is 2.15. The number of hydrogen-bond acceptors (Lipinski definition) is 2. The molecule has 0 bridgehead atoms. The van der Waals surface area contributed by atoms with E-state index in [0.29, 0.717) is 0 Å². The zero-order valence-electron chi connectivity index (χ0n) is 33.3. The third kappa shape index (κ3) is 8.33. The van der Waals surface area contributed by atoms with Gasteiger partial charge in [0.25, 0.3) is 0 Å². The van der Waals surface area contributed by atoms with E-state index in [1.807, 2.05) is 12.1 Å². The fourth-order valence-corrected chi connectivity index (χ4v) is 7.00. The lowest BCUT2D eigenvalue weighted by molar-refractivity contribution is 1.10. The molecule has 6 aromatic carbocycles. The molecule has 276 valence electrons. The summed E-state index contributed by atoms with van der Waals surface area (Å²) in [6.07, 6.45) is 8.80. The second-order valence-electron chi connectivity index (χ2n) is 14.6. The van der Waals surface area contributed by atoms with Crippen molar-refractivity contribution in [3.05, 3.63) is 222 Å². The van der Waals surface area contributed by atoms with Crippen molar-refractivity contribution in [3.63, 3.8) is 0 Å². The van der Waals surface area contributed by atoms with Gasteiger partial charge in [0.1, 0.15) is 5.82 Å². The average molecular weight is 728 g/mol. The average Bonchev–Trinajstić information content (AvgIpc) is 3.62. The monoisotopic (exact) mass is 727 g/mol. The highest BCUT2D eigenvalue weighted by atomic mass is 15.1. The molecule has 7 aromatic rings. The first kappa shape index (κ1) is 37.6. The lowest BCUT2D eigenvalue weighted by Gasteiger charge is -2.26. The van der Waals surface area contributed by atoms with Gasteiger partial charge in [-0.3, -0.25) is 4.57 Å². The summed E-state index contributed by atoms with van der Waals surface area (Å²) in [5.41, 5.74) is 18.2. The van der Waals surface area contributed by atoms with Gasteiger partial charge < -0.3 is 4.90 Å². The Bertz CT molecular complexity index is 2550. The van der Waals surface area contributed by atoms with Crippen LogP contribution >= 0.6 is 0 Å². The molecular weight excluding hydrogens is 679 g/mol. The summed E-state index contributed by atoms with van der Waals surface area (Å²) < 4.78 is 2.24. The predicted molar refractivity (Wildman–Crippen MR) is 241 cm³/mol. The van der Waals surface area contributed by atoms with Crippen LogP contribution < -0.4 is 4.90 Å². The van der Waals surface area contributed by atoms with Crippen LogP contribution in [-0.4, -0.2) is 9.55 Å². The van der Waals surface area contributed by atoms with E-state index in [1.165, 1.54) is 27.8 Å². The molecular formula is C53H49N3. The second kappa shape index (κ2) is 16.8. The molecule has 1 aromatic heterocycles. The van der Waals surface area contributed by atoms with E-state index < -0.39 is 0 Å². The minimum atomic E-state index is 0.932. The molecule has 0 saturated carbocycles. The normalized spacial score (nSPS) is 12.6. The minimum absolute atomic E-state index is 0.932. The Morgan fingerprint density at radius 3 is 1.61 bits per heavy atom. The molecule has 56 heavy (non-hydrogen) atoms. The number of para-hydroxylation sites is 3. The maximum atomic E-state index is 5.04. The number of allylic oxidation sites excluding steroid dienone is 9. The molecule has 0 N–H and O–H groups in total. The van der Waals surface area contributed by atoms with E-state index in [-0.39, 0.29) is 0 Å². The first-order valence-corrected chi connectivity index (χ1v) is 19.2. The van der Waals surface area contributed by atoms with E-state index in [4.69, 9.17) is 4.98 Å². The Morgan fingerprint density at radius 1 is 0.536 bits per heavy atom. The van der Waals surface area contributed by atoms with Crippen molar-refractivity contribution in [1.82, 2.24) is 9.55 Å². The van der Waals surface area contributed by atoms with Gasteiger partial charge in [-0.2, -0.15) is 0 Å². The summed E-state index contributed by atoms with van der Waals surface area (Å²) in [6, 6.07) is 53.7. The fraction of sp³-hybridized carbons (Fsp3) is 0.113. The number of aromatic nitrogens is 2. The lowest BCUT2D eigenvalue weighted by Crippen LogP contribution is -2.14. The summed E-state index contributed by atoms with van der Waals surface area (Å²) in [6.45, 7) is 17.2. The molecule has 0 unspecified atom stereocenters. The zero-order valence-corrected chi connectivity index (χ0v) is 33.3. The van der Waals surface area contributed by atoms with Gasteiger partial charge in [-0.15, -0.1) is 0 Å². The van der Waals surface area contributed by atoms with Crippen molar-refractivity contribution in [3.8, 4) is 17.1 Å². The Labute approximate surface area is 332 Å². The number of anilines is 2. The van der Waals surface area contributed by atoms with Gasteiger partial charge in [-0.05, 0) is 130 Å². The van der Waals surface area contributed by atoms with Gasteiger partial charge in [0.2, 0.25) is 0 Å². The Balaban J connectivity index is 1.10. The molecule has 3 nitrogen and oxygen atoms in total. The van der Waals surface area contributed by atoms with Crippen molar-refractivity contribution in [2.75, 3.05) is 4.90 Å². The molecule has 0 spiro atoms. The molecule has 0 radical (unpaired) electrons. The Hall–Kier alpha value is -6.71. The Kier molecular flexibility index (Phi) is 11.2. The summed E-state index contributed by atoms with van der Waals surface area (Å²) in [5, 5.41) is 0. The number of hydrogen-bond donors (Lipinski definition) is 0. The number of benzene rings is 6.